The number of benzene rings is 1. The second-order valence-corrected chi connectivity index (χ2v) is 8.46. The number of likely N-dealkylation sites (tertiary alicyclic amines) is 1. The van der Waals surface area contributed by atoms with Crippen LogP contribution in [0.4, 0.5) is 0 Å². The second kappa shape index (κ2) is 8.26. The monoisotopic (exact) mass is 384 g/mol. The fraction of sp³-hybridized carbons (Fsp3) is 0.455. The van der Waals surface area contributed by atoms with Gasteiger partial charge in [-0.25, -0.2) is 0 Å². The molecule has 1 saturated heterocycles. The summed E-state index contributed by atoms with van der Waals surface area (Å²) < 4.78 is 0. The van der Waals surface area contributed by atoms with Gasteiger partial charge in [-0.15, -0.1) is 0 Å². The first-order valence-corrected chi connectivity index (χ1v) is 10.5. The van der Waals surface area contributed by atoms with Gasteiger partial charge in [0.25, 0.3) is 0 Å². The highest BCUT2D eigenvalue weighted by atomic mass is 32.1. The molecule has 2 amide bonds. The number of amides is 2. The smallest absolute Gasteiger partial charge is 0.230 e. The van der Waals surface area contributed by atoms with Crippen molar-refractivity contribution in [2.75, 3.05) is 27.2 Å². The standard InChI is InChI=1S/C22H28N2O2S/c1-4-5-20(25)24-12-11-22(16-24,21(26)23(2)3)14-17-6-8-18(9-7-17)19-10-13-27-15-19/h6-10,13,15H,4-5,11-12,14,16H2,1-3H3. The van der Waals surface area contributed by atoms with Crippen molar-refractivity contribution in [3.8, 4) is 11.1 Å². The van der Waals surface area contributed by atoms with E-state index in [9.17, 15) is 9.59 Å². The van der Waals surface area contributed by atoms with Crippen molar-refractivity contribution in [2.24, 2.45) is 5.41 Å². The minimum atomic E-state index is -0.517. The third-order valence-corrected chi connectivity index (χ3v) is 6.06. The normalized spacial score (nSPS) is 19.3. The number of hydrogen-bond donors (Lipinski definition) is 0. The number of thiophene rings is 1. The number of nitrogens with zero attached hydrogens (tertiary/aromatic N) is 2. The summed E-state index contributed by atoms with van der Waals surface area (Å²) in [5, 5.41) is 4.22. The van der Waals surface area contributed by atoms with E-state index in [-0.39, 0.29) is 11.8 Å². The van der Waals surface area contributed by atoms with Crippen molar-refractivity contribution >= 4 is 23.2 Å². The third kappa shape index (κ3) is 4.24. The molecule has 1 unspecified atom stereocenters. The summed E-state index contributed by atoms with van der Waals surface area (Å²) in [6.07, 6.45) is 2.80. The molecule has 1 aliphatic heterocycles. The van der Waals surface area contributed by atoms with Crippen LogP contribution in [0.2, 0.25) is 0 Å². The zero-order valence-corrected chi connectivity index (χ0v) is 17.2. The van der Waals surface area contributed by atoms with Gasteiger partial charge in [-0.05, 0) is 52.8 Å². The SMILES string of the molecule is CCCC(=O)N1CCC(Cc2ccc(-c3ccsc3)cc2)(C(=O)N(C)C)C1. The maximum absolute atomic E-state index is 13.0. The van der Waals surface area contributed by atoms with Crippen molar-refractivity contribution in [1.82, 2.24) is 9.80 Å². The van der Waals surface area contributed by atoms with Crippen LogP contribution in [0.15, 0.2) is 41.1 Å². The zero-order chi connectivity index (χ0) is 19.4. The van der Waals surface area contributed by atoms with Gasteiger partial charge in [-0.3, -0.25) is 9.59 Å². The Labute approximate surface area is 165 Å². The molecule has 0 saturated carbocycles. The average molecular weight is 385 g/mol. The summed E-state index contributed by atoms with van der Waals surface area (Å²) in [5.41, 5.74) is 3.05. The molecule has 1 fully saturated rings. The molecular weight excluding hydrogens is 356 g/mol. The van der Waals surface area contributed by atoms with Gasteiger partial charge in [-0.1, -0.05) is 31.2 Å². The van der Waals surface area contributed by atoms with Crippen LogP contribution in [-0.2, 0) is 16.0 Å². The van der Waals surface area contributed by atoms with Crippen LogP contribution in [0.25, 0.3) is 11.1 Å². The van der Waals surface area contributed by atoms with Crippen LogP contribution in [0.5, 0.6) is 0 Å². The summed E-state index contributed by atoms with van der Waals surface area (Å²) in [4.78, 5) is 29.0. The topological polar surface area (TPSA) is 40.6 Å². The molecular formula is C22H28N2O2S. The Hall–Kier alpha value is -2.14. The molecule has 3 rings (SSSR count). The minimum absolute atomic E-state index is 0.121. The molecule has 1 aromatic carbocycles. The number of rotatable bonds is 6. The lowest BCUT2D eigenvalue weighted by molar-refractivity contribution is -0.139. The number of carbonyl (C=O) groups is 2. The Bertz CT molecular complexity index is 783. The van der Waals surface area contributed by atoms with Gasteiger partial charge < -0.3 is 9.80 Å². The molecule has 0 radical (unpaired) electrons. The molecule has 27 heavy (non-hydrogen) atoms. The fourth-order valence-corrected chi connectivity index (χ4v) is 4.63. The first kappa shape index (κ1) is 19.6. The molecule has 2 aromatic rings. The number of carbonyl (C=O) groups excluding carboxylic acids is 2. The lowest BCUT2D eigenvalue weighted by Gasteiger charge is -2.31. The van der Waals surface area contributed by atoms with E-state index in [0.29, 0.717) is 25.9 Å². The van der Waals surface area contributed by atoms with E-state index in [2.05, 4.69) is 41.1 Å². The van der Waals surface area contributed by atoms with Crippen LogP contribution in [0.1, 0.15) is 31.7 Å². The van der Waals surface area contributed by atoms with Crippen molar-refractivity contribution < 1.29 is 9.59 Å². The van der Waals surface area contributed by atoms with Crippen LogP contribution < -0.4 is 0 Å². The van der Waals surface area contributed by atoms with E-state index in [1.165, 1.54) is 11.1 Å². The summed E-state index contributed by atoms with van der Waals surface area (Å²) in [6.45, 7) is 3.21. The van der Waals surface area contributed by atoms with Crippen LogP contribution in [0.3, 0.4) is 0 Å². The molecule has 0 aliphatic carbocycles. The van der Waals surface area contributed by atoms with Crippen LogP contribution >= 0.6 is 11.3 Å². The maximum Gasteiger partial charge on any atom is 0.230 e. The fourth-order valence-electron chi connectivity index (χ4n) is 3.96. The van der Waals surface area contributed by atoms with Crippen molar-refractivity contribution in [2.45, 2.75) is 32.6 Å². The molecule has 1 aliphatic rings. The highest BCUT2D eigenvalue weighted by Gasteiger charge is 2.46. The van der Waals surface area contributed by atoms with Gasteiger partial charge in [-0.2, -0.15) is 11.3 Å². The Balaban J connectivity index is 1.80. The molecule has 1 aromatic heterocycles. The predicted molar refractivity (Wildman–Crippen MR) is 111 cm³/mol. The highest BCUT2D eigenvalue weighted by Crippen LogP contribution is 2.37. The quantitative estimate of drug-likeness (QED) is 0.753. The molecule has 144 valence electrons. The summed E-state index contributed by atoms with van der Waals surface area (Å²) >= 11 is 1.69. The number of hydrogen-bond acceptors (Lipinski definition) is 3. The lowest BCUT2D eigenvalue weighted by atomic mass is 9.79. The Morgan fingerprint density at radius 2 is 1.89 bits per heavy atom. The molecule has 1 atom stereocenters. The molecule has 4 nitrogen and oxygen atoms in total. The predicted octanol–water partition coefficient (Wildman–Crippen LogP) is 4.06. The Kier molecular flexibility index (Phi) is 6.00. The lowest BCUT2D eigenvalue weighted by Crippen LogP contribution is -2.44. The van der Waals surface area contributed by atoms with Gasteiger partial charge in [0.05, 0.1) is 5.41 Å². The maximum atomic E-state index is 13.0. The largest absolute Gasteiger partial charge is 0.348 e. The molecule has 2 heterocycles. The van der Waals surface area contributed by atoms with Gasteiger partial charge in [0.15, 0.2) is 0 Å². The van der Waals surface area contributed by atoms with Gasteiger partial charge in [0.1, 0.15) is 0 Å². The summed E-state index contributed by atoms with van der Waals surface area (Å²) in [5.74, 6) is 0.287. The first-order chi connectivity index (χ1) is 12.9. The summed E-state index contributed by atoms with van der Waals surface area (Å²) in [6, 6.07) is 10.6. The van der Waals surface area contributed by atoms with Crippen molar-refractivity contribution in [1.29, 1.82) is 0 Å². The van der Waals surface area contributed by atoms with E-state index in [1.54, 1.807) is 30.3 Å². The van der Waals surface area contributed by atoms with Crippen molar-refractivity contribution in [3.63, 3.8) is 0 Å². The Morgan fingerprint density at radius 3 is 2.48 bits per heavy atom. The summed E-state index contributed by atoms with van der Waals surface area (Å²) in [7, 11) is 3.61. The Morgan fingerprint density at radius 1 is 1.15 bits per heavy atom. The third-order valence-electron chi connectivity index (χ3n) is 5.38. The van der Waals surface area contributed by atoms with Gasteiger partial charge >= 0.3 is 0 Å². The average Bonchev–Trinajstić information content (AvgIpc) is 3.33. The van der Waals surface area contributed by atoms with E-state index in [4.69, 9.17) is 0 Å². The van der Waals surface area contributed by atoms with Crippen LogP contribution in [0, 0.1) is 5.41 Å². The van der Waals surface area contributed by atoms with Gasteiger partial charge in [0, 0.05) is 33.6 Å². The molecule has 0 N–H and O–H groups in total. The van der Waals surface area contributed by atoms with E-state index in [1.807, 2.05) is 11.8 Å². The zero-order valence-electron chi connectivity index (χ0n) is 16.4. The van der Waals surface area contributed by atoms with E-state index >= 15 is 0 Å². The minimum Gasteiger partial charge on any atom is -0.348 e. The second-order valence-electron chi connectivity index (χ2n) is 7.68. The first-order valence-electron chi connectivity index (χ1n) is 9.56. The molecule has 0 bridgehead atoms. The van der Waals surface area contributed by atoms with Crippen LogP contribution in [-0.4, -0.2) is 48.8 Å². The van der Waals surface area contributed by atoms with Gasteiger partial charge in [0.2, 0.25) is 11.8 Å². The molecule has 0 spiro atoms. The van der Waals surface area contributed by atoms with Crippen molar-refractivity contribution in [3.05, 3.63) is 46.7 Å². The molecule has 5 heteroatoms. The van der Waals surface area contributed by atoms with E-state index < -0.39 is 5.41 Å². The highest BCUT2D eigenvalue weighted by molar-refractivity contribution is 7.08. The van der Waals surface area contributed by atoms with E-state index in [0.717, 1.165) is 18.4 Å².